The second kappa shape index (κ2) is 8.76. The Balaban J connectivity index is 1.88. The highest BCUT2D eigenvalue weighted by Crippen LogP contribution is 2.34. The predicted molar refractivity (Wildman–Crippen MR) is 119 cm³/mol. The molecule has 1 saturated heterocycles. The molecule has 5 nitrogen and oxygen atoms in total. The highest BCUT2D eigenvalue weighted by atomic mass is 16.5. The molecule has 30 heavy (non-hydrogen) atoms. The van der Waals surface area contributed by atoms with Crippen LogP contribution in [0.2, 0.25) is 0 Å². The van der Waals surface area contributed by atoms with Gasteiger partial charge in [-0.25, -0.2) is 0 Å². The van der Waals surface area contributed by atoms with E-state index in [0.717, 1.165) is 47.7 Å². The number of carbonyl (C=O) groups excluding carboxylic acids is 1. The van der Waals surface area contributed by atoms with Crippen LogP contribution in [0.1, 0.15) is 82.0 Å². The van der Waals surface area contributed by atoms with Crippen LogP contribution in [-0.4, -0.2) is 27.9 Å². The number of hydrogen-bond acceptors (Lipinski definition) is 4. The first kappa shape index (κ1) is 20.9. The predicted octanol–water partition coefficient (Wildman–Crippen LogP) is 4.71. The zero-order chi connectivity index (χ0) is 21.3. The number of carbonyl (C=O) groups is 1. The largest absolute Gasteiger partial charge is 0.458 e. The van der Waals surface area contributed by atoms with Gasteiger partial charge in [-0.1, -0.05) is 51.3 Å². The summed E-state index contributed by atoms with van der Waals surface area (Å²) < 4.78 is 7.40. The van der Waals surface area contributed by atoms with E-state index in [0.29, 0.717) is 6.42 Å². The third kappa shape index (κ3) is 4.08. The monoisotopic (exact) mass is 409 g/mol. The maximum absolute atomic E-state index is 13.6. The van der Waals surface area contributed by atoms with Crippen molar-refractivity contribution in [3.05, 3.63) is 52.0 Å². The standard InChI is InChI=1S/C25H31NO4/c1-16(2)24-20-10-6-7-11-21(20)25(29)26(17-8-4-3-5-9-17)22(24)13-12-19-14-18(27)15-23(28)30-19/h6-7,10-13,16-19,27H,3-5,8-9,14-15H2,1-2H3/t18-,19-/m1/s1. The minimum absolute atomic E-state index is 0.0460. The van der Waals surface area contributed by atoms with E-state index in [9.17, 15) is 14.7 Å². The molecule has 0 unspecified atom stereocenters. The van der Waals surface area contributed by atoms with Crippen molar-refractivity contribution in [2.45, 2.75) is 83.0 Å². The lowest BCUT2D eigenvalue weighted by molar-refractivity contribution is -0.156. The molecule has 0 spiro atoms. The van der Waals surface area contributed by atoms with Gasteiger partial charge in [0.1, 0.15) is 6.10 Å². The molecule has 1 aromatic heterocycles. The summed E-state index contributed by atoms with van der Waals surface area (Å²) in [4.78, 5) is 25.3. The smallest absolute Gasteiger partial charge is 0.309 e. The molecule has 2 aromatic rings. The number of nitrogens with zero attached hydrogens (tertiary/aromatic N) is 1. The van der Waals surface area contributed by atoms with Gasteiger partial charge in [0.25, 0.3) is 5.56 Å². The number of aliphatic hydroxyl groups is 1. The van der Waals surface area contributed by atoms with Gasteiger partial charge in [0.15, 0.2) is 0 Å². The van der Waals surface area contributed by atoms with Crippen molar-refractivity contribution < 1.29 is 14.6 Å². The van der Waals surface area contributed by atoms with E-state index in [4.69, 9.17) is 4.74 Å². The minimum atomic E-state index is -0.678. The third-order valence-electron chi connectivity index (χ3n) is 6.38. The highest BCUT2D eigenvalue weighted by molar-refractivity contribution is 5.88. The lowest BCUT2D eigenvalue weighted by atomic mass is 9.90. The summed E-state index contributed by atoms with van der Waals surface area (Å²) in [7, 11) is 0. The second-order valence-electron chi connectivity index (χ2n) is 8.95. The summed E-state index contributed by atoms with van der Waals surface area (Å²) in [5.74, 6) is -0.153. The molecule has 5 heteroatoms. The van der Waals surface area contributed by atoms with Crippen molar-refractivity contribution in [2.24, 2.45) is 0 Å². The average Bonchev–Trinajstić information content (AvgIpc) is 2.72. The molecule has 4 rings (SSSR count). The number of aliphatic hydroxyl groups excluding tert-OH is 1. The van der Waals surface area contributed by atoms with Crippen LogP contribution in [0.5, 0.6) is 0 Å². The van der Waals surface area contributed by atoms with Gasteiger partial charge >= 0.3 is 5.97 Å². The van der Waals surface area contributed by atoms with Crippen molar-refractivity contribution in [1.82, 2.24) is 4.57 Å². The molecule has 2 heterocycles. The SMILES string of the molecule is CC(C)c1c(C=C[C@@H]2C[C@@H](O)CC(=O)O2)n(C2CCCCC2)c(=O)c2ccccc12. The molecule has 2 aliphatic rings. The van der Waals surface area contributed by atoms with Crippen molar-refractivity contribution in [1.29, 1.82) is 0 Å². The molecular formula is C25H31NO4. The van der Waals surface area contributed by atoms with Crippen LogP contribution >= 0.6 is 0 Å². The Labute approximate surface area is 177 Å². The number of fused-ring (bicyclic) bond motifs is 1. The van der Waals surface area contributed by atoms with Crippen molar-refractivity contribution in [2.75, 3.05) is 0 Å². The molecule has 1 aliphatic carbocycles. The maximum Gasteiger partial charge on any atom is 0.309 e. The number of esters is 1. The first-order valence-corrected chi connectivity index (χ1v) is 11.2. The molecule has 160 valence electrons. The van der Waals surface area contributed by atoms with Gasteiger partial charge in [-0.15, -0.1) is 0 Å². The highest BCUT2D eigenvalue weighted by Gasteiger charge is 2.27. The molecule has 1 saturated carbocycles. The van der Waals surface area contributed by atoms with E-state index in [1.807, 2.05) is 41.0 Å². The summed E-state index contributed by atoms with van der Waals surface area (Å²) >= 11 is 0. The van der Waals surface area contributed by atoms with Crippen LogP contribution in [0, 0.1) is 0 Å². The van der Waals surface area contributed by atoms with Crippen LogP contribution in [0.15, 0.2) is 35.1 Å². The van der Waals surface area contributed by atoms with Crippen LogP contribution in [0.4, 0.5) is 0 Å². The van der Waals surface area contributed by atoms with E-state index in [1.165, 1.54) is 6.42 Å². The summed E-state index contributed by atoms with van der Waals surface area (Å²) in [5, 5.41) is 11.7. The molecular weight excluding hydrogens is 378 g/mol. The van der Waals surface area contributed by atoms with E-state index < -0.39 is 12.2 Å². The first-order chi connectivity index (χ1) is 14.5. The fraction of sp³-hybridized carbons (Fsp3) is 0.520. The Kier molecular flexibility index (Phi) is 6.09. The number of ether oxygens (including phenoxy) is 1. The fourth-order valence-electron chi connectivity index (χ4n) is 5.02. The van der Waals surface area contributed by atoms with Gasteiger partial charge in [0, 0.05) is 23.5 Å². The van der Waals surface area contributed by atoms with Crippen molar-refractivity contribution >= 4 is 22.8 Å². The van der Waals surface area contributed by atoms with Crippen LogP contribution in [0.25, 0.3) is 16.8 Å². The summed E-state index contributed by atoms with van der Waals surface area (Å²) in [6.07, 6.45) is 8.59. The lowest BCUT2D eigenvalue weighted by Gasteiger charge is -2.29. The third-order valence-corrected chi connectivity index (χ3v) is 6.38. The molecule has 1 aliphatic heterocycles. The Morgan fingerprint density at radius 3 is 2.47 bits per heavy atom. The Morgan fingerprint density at radius 1 is 1.10 bits per heavy atom. The Bertz CT molecular complexity index is 1010. The van der Waals surface area contributed by atoms with Gasteiger partial charge in [0.2, 0.25) is 0 Å². The van der Waals surface area contributed by atoms with Gasteiger partial charge in [0.05, 0.1) is 12.5 Å². The van der Waals surface area contributed by atoms with Crippen molar-refractivity contribution in [3.63, 3.8) is 0 Å². The molecule has 1 N–H and O–H groups in total. The number of cyclic esters (lactones) is 1. The number of rotatable bonds is 4. The van der Waals surface area contributed by atoms with Crippen molar-refractivity contribution in [3.8, 4) is 0 Å². The molecule has 2 atom stereocenters. The molecule has 0 amide bonds. The first-order valence-electron chi connectivity index (χ1n) is 11.2. The van der Waals surface area contributed by atoms with Gasteiger partial charge in [-0.2, -0.15) is 0 Å². The maximum atomic E-state index is 13.6. The minimum Gasteiger partial charge on any atom is -0.458 e. The normalized spacial score (nSPS) is 23.4. The molecule has 0 radical (unpaired) electrons. The summed E-state index contributed by atoms with van der Waals surface area (Å²) in [6.45, 7) is 4.30. The Morgan fingerprint density at radius 2 is 1.80 bits per heavy atom. The van der Waals surface area contributed by atoms with Gasteiger partial charge in [-0.3, -0.25) is 9.59 Å². The molecule has 0 bridgehead atoms. The molecule has 1 aromatic carbocycles. The van der Waals surface area contributed by atoms with Gasteiger partial charge < -0.3 is 14.4 Å². The Hall–Kier alpha value is -2.40. The quantitative estimate of drug-likeness (QED) is 0.743. The van der Waals surface area contributed by atoms with Crippen LogP contribution in [0.3, 0.4) is 0 Å². The number of hydrogen-bond donors (Lipinski definition) is 1. The lowest BCUT2D eigenvalue weighted by Crippen LogP contribution is -2.32. The summed E-state index contributed by atoms with van der Waals surface area (Å²) in [5.41, 5.74) is 2.12. The average molecular weight is 410 g/mol. The van der Waals surface area contributed by atoms with E-state index >= 15 is 0 Å². The van der Waals surface area contributed by atoms with Gasteiger partial charge in [-0.05, 0) is 47.9 Å². The van der Waals surface area contributed by atoms with Crippen LogP contribution in [-0.2, 0) is 9.53 Å². The second-order valence-corrected chi connectivity index (χ2v) is 8.95. The zero-order valence-corrected chi connectivity index (χ0v) is 17.8. The summed E-state index contributed by atoms with van der Waals surface area (Å²) in [6, 6.07) is 8.05. The molecule has 2 fully saturated rings. The van der Waals surface area contributed by atoms with Crippen LogP contribution < -0.4 is 5.56 Å². The van der Waals surface area contributed by atoms with E-state index in [2.05, 4.69) is 13.8 Å². The number of aromatic nitrogens is 1. The number of benzene rings is 1. The zero-order valence-electron chi connectivity index (χ0n) is 17.8. The fourth-order valence-corrected chi connectivity index (χ4v) is 5.02. The van der Waals surface area contributed by atoms with E-state index in [-0.39, 0.29) is 29.9 Å². The topological polar surface area (TPSA) is 68.5 Å². The number of pyridine rings is 1. The van der Waals surface area contributed by atoms with E-state index in [1.54, 1.807) is 0 Å².